The summed E-state index contributed by atoms with van der Waals surface area (Å²) < 4.78 is 0. The minimum absolute atomic E-state index is 0.0528. The highest BCUT2D eigenvalue weighted by Gasteiger charge is 2.35. The minimum atomic E-state index is -0.509. The molecule has 1 atom stereocenters. The van der Waals surface area contributed by atoms with Gasteiger partial charge in [0.1, 0.15) is 0 Å². The number of nitro groups is 1. The molecular weight excluding hydrogens is 346 g/mol. The van der Waals surface area contributed by atoms with Crippen LogP contribution in [0.1, 0.15) is 6.42 Å². The zero-order valence-electron chi connectivity index (χ0n) is 13.0. The van der Waals surface area contributed by atoms with Crippen LogP contribution in [0, 0.1) is 16.0 Å². The first-order valence-electron chi connectivity index (χ1n) is 7.55. The molecule has 2 aromatic carbocycles. The van der Waals surface area contributed by atoms with Gasteiger partial charge < -0.3 is 10.2 Å². The van der Waals surface area contributed by atoms with E-state index in [-0.39, 0.29) is 30.5 Å². The molecule has 1 fully saturated rings. The van der Waals surface area contributed by atoms with Crippen LogP contribution in [0.25, 0.3) is 0 Å². The average Bonchev–Trinajstić information content (AvgIpc) is 2.98. The second-order valence-electron chi connectivity index (χ2n) is 5.68. The highest BCUT2D eigenvalue weighted by molar-refractivity contribution is 6.30. The van der Waals surface area contributed by atoms with Crippen LogP contribution in [0.3, 0.4) is 0 Å². The standard InChI is InChI=1S/C17H14ClN3O4/c18-12-1-5-14(6-2-12)20-10-11(9-16(20)22)17(23)19-13-3-7-15(8-4-13)21(24)25/h1-8,11H,9-10H2,(H,19,23). The van der Waals surface area contributed by atoms with Crippen molar-refractivity contribution in [3.8, 4) is 0 Å². The third-order valence-corrected chi connectivity index (χ3v) is 4.23. The Morgan fingerprint density at radius 3 is 2.40 bits per heavy atom. The van der Waals surface area contributed by atoms with Crippen molar-refractivity contribution in [1.29, 1.82) is 0 Å². The van der Waals surface area contributed by atoms with Gasteiger partial charge in [-0.2, -0.15) is 0 Å². The molecule has 3 rings (SSSR count). The van der Waals surface area contributed by atoms with Crippen molar-refractivity contribution in [2.75, 3.05) is 16.8 Å². The van der Waals surface area contributed by atoms with Crippen LogP contribution in [-0.4, -0.2) is 23.3 Å². The average molecular weight is 360 g/mol. The molecule has 2 amide bonds. The van der Waals surface area contributed by atoms with Crippen LogP contribution in [0.15, 0.2) is 48.5 Å². The Hall–Kier alpha value is -2.93. The Labute approximate surface area is 148 Å². The van der Waals surface area contributed by atoms with Crippen molar-refractivity contribution in [2.24, 2.45) is 5.92 Å². The molecule has 128 valence electrons. The fraction of sp³-hybridized carbons (Fsp3) is 0.176. The van der Waals surface area contributed by atoms with Crippen molar-refractivity contribution >= 4 is 40.5 Å². The number of hydrogen-bond donors (Lipinski definition) is 1. The molecule has 0 saturated carbocycles. The molecule has 8 heteroatoms. The van der Waals surface area contributed by atoms with Crippen molar-refractivity contribution < 1.29 is 14.5 Å². The van der Waals surface area contributed by atoms with E-state index in [9.17, 15) is 19.7 Å². The summed E-state index contributed by atoms with van der Waals surface area (Å²) in [6.07, 6.45) is 0.113. The van der Waals surface area contributed by atoms with Crippen LogP contribution >= 0.6 is 11.6 Å². The van der Waals surface area contributed by atoms with E-state index in [0.717, 1.165) is 0 Å². The molecular formula is C17H14ClN3O4. The number of carbonyl (C=O) groups is 2. The summed E-state index contributed by atoms with van der Waals surface area (Å²) in [7, 11) is 0. The number of hydrogen-bond acceptors (Lipinski definition) is 4. The fourth-order valence-corrected chi connectivity index (χ4v) is 2.79. The first kappa shape index (κ1) is 16.9. The lowest BCUT2D eigenvalue weighted by Gasteiger charge is -2.16. The van der Waals surface area contributed by atoms with Gasteiger partial charge in [0.2, 0.25) is 11.8 Å². The summed E-state index contributed by atoms with van der Waals surface area (Å²) >= 11 is 5.85. The molecule has 25 heavy (non-hydrogen) atoms. The number of non-ortho nitro benzene ring substituents is 1. The van der Waals surface area contributed by atoms with Gasteiger partial charge in [-0.3, -0.25) is 19.7 Å². The van der Waals surface area contributed by atoms with Gasteiger partial charge in [0.15, 0.2) is 0 Å². The highest BCUT2D eigenvalue weighted by atomic mass is 35.5. The summed E-state index contributed by atoms with van der Waals surface area (Å²) in [5.41, 5.74) is 1.09. The molecule has 1 unspecified atom stereocenters. The second-order valence-corrected chi connectivity index (χ2v) is 6.11. The summed E-state index contributed by atoms with van der Waals surface area (Å²) in [5.74, 6) is -0.914. The lowest BCUT2D eigenvalue weighted by molar-refractivity contribution is -0.384. The molecule has 1 aliphatic heterocycles. The summed E-state index contributed by atoms with van der Waals surface area (Å²) in [6, 6.07) is 12.4. The molecule has 7 nitrogen and oxygen atoms in total. The number of halogens is 1. The lowest BCUT2D eigenvalue weighted by atomic mass is 10.1. The van der Waals surface area contributed by atoms with Crippen molar-refractivity contribution in [2.45, 2.75) is 6.42 Å². The predicted octanol–water partition coefficient (Wildman–Crippen LogP) is 3.24. The number of nitro benzene ring substituents is 1. The number of nitrogens with zero attached hydrogens (tertiary/aromatic N) is 2. The zero-order valence-corrected chi connectivity index (χ0v) is 13.8. The largest absolute Gasteiger partial charge is 0.326 e. The van der Waals surface area contributed by atoms with Crippen molar-refractivity contribution in [3.05, 3.63) is 63.7 Å². The third-order valence-electron chi connectivity index (χ3n) is 3.98. The Balaban J connectivity index is 1.66. The minimum Gasteiger partial charge on any atom is -0.326 e. The predicted molar refractivity (Wildman–Crippen MR) is 93.6 cm³/mol. The van der Waals surface area contributed by atoms with Crippen LogP contribution in [-0.2, 0) is 9.59 Å². The third kappa shape index (κ3) is 3.77. The Kier molecular flexibility index (Phi) is 4.67. The Bertz CT molecular complexity index is 821. The maximum absolute atomic E-state index is 12.4. The quantitative estimate of drug-likeness (QED) is 0.670. The number of nitrogens with one attached hydrogen (secondary N) is 1. The second kappa shape index (κ2) is 6.90. The highest BCUT2D eigenvalue weighted by Crippen LogP contribution is 2.27. The number of benzene rings is 2. The van der Waals surface area contributed by atoms with Crippen molar-refractivity contribution in [3.63, 3.8) is 0 Å². The van der Waals surface area contributed by atoms with Gasteiger partial charge in [0, 0.05) is 41.5 Å². The summed E-state index contributed by atoms with van der Waals surface area (Å²) in [5, 5.41) is 13.9. The summed E-state index contributed by atoms with van der Waals surface area (Å²) in [6.45, 7) is 0.277. The Morgan fingerprint density at radius 2 is 1.80 bits per heavy atom. The van der Waals surface area contributed by atoms with E-state index in [0.29, 0.717) is 16.4 Å². The monoisotopic (exact) mass is 359 g/mol. The molecule has 0 aliphatic carbocycles. The van der Waals surface area contributed by atoms with Crippen LogP contribution in [0.2, 0.25) is 5.02 Å². The van der Waals surface area contributed by atoms with Crippen molar-refractivity contribution in [1.82, 2.24) is 0 Å². The molecule has 1 N–H and O–H groups in total. The first-order valence-corrected chi connectivity index (χ1v) is 7.93. The molecule has 0 radical (unpaired) electrons. The zero-order chi connectivity index (χ0) is 18.0. The Morgan fingerprint density at radius 1 is 1.16 bits per heavy atom. The van der Waals surface area contributed by atoms with Crippen LogP contribution < -0.4 is 10.2 Å². The van der Waals surface area contributed by atoms with Crippen LogP contribution in [0.4, 0.5) is 17.1 Å². The molecule has 1 aliphatic rings. The molecule has 1 heterocycles. The number of carbonyl (C=O) groups excluding carboxylic acids is 2. The van der Waals surface area contributed by atoms with E-state index < -0.39 is 10.8 Å². The molecule has 2 aromatic rings. The van der Waals surface area contributed by atoms with Gasteiger partial charge in [-0.25, -0.2) is 0 Å². The van der Waals surface area contributed by atoms with E-state index in [4.69, 9.17) is 11.6 Å². The smallest absolute Gasteiger partial charge is 0.269 e. The fourth-order valence-electron chi connectivity index (χ4n) is 2.66. The van der Waals surface area contributed by atoms with E-state index in [1.165, 1.54) is 24.3 Å². The maximum Gasteiger partial charge on any atom is 0.269 e. The number of amides is 2. The van der Waals surface area contributed by atoms with Crippen LogP contribution in [0.5, 0.6) is 0 Å². The maximum atomic E-state index is 12.4. The number of anilines is 2. The van der Waals surface area contributed by atoms with Gasteiger partial charge in [-0.1, -0.05) is 11.6 Å². The normalized spacial score (nSPS) is 16.8. The lowest BCUT2D eigenvalue weighted by Crippen LogP contribution is -2.28. The van der Waals surface area contributed by atoms with Gasteiger partial charge in [0.25, 0.3) is 5.69 Å². The van der Waals surface area contributed by atoms with Gasteiger partial charge in [-0.05, 0) is 36.4 Å². The SMILES string of the molecule is O=C(Nc1ccc([N+](=O)[O-])cc1)C1CC(=O)N(c2ccc(Cl)cc2)C1. The van der Waals surface area contributed by atoms with Gasteiger partial charge >= 0.3 is 0 Å². The first-order chi connectivity index (χ1) is 11.9. The van der Waals surface area contributed by atoms with Gasteiger partial charge in [-0.15, -0.1) is 0 Å². The summed E-state index contributed by atoms with van der Waals surface area (Å²) in [4.78, 5) is 36.2. The van der Waals surface area contributed by atoms with E-state index in [2.05, 4.69) is 5.32 Å². The molecule has 0 spiro atoms. The van der Waals surface area contributed by atoms with E-state index in [1.54, 1.807) is 29.2 Å². The molecule has 1 saturated heterocycles. The number of rotatable bonds is 4. The van der Waals surface area contributed by atoms with E-state index >= 15 is 0 Å². The topological polar surface area (TPSA) is 92.5 Å². The van der Waals surface area contributed by atoms with Gasteiger partial charge in [0.05, 0.1) is 10.8 Å². The molecule has 0 bridgehead atoms. The van der Waals surface area contributed by atoms with E-state index in [1.807, 2.05) is 0 Å². The molecule has 0 aromatic heterocycles.